The minimum atomic E-state index is 0.656. The number of rotatable bonds is 1. The molecule has 1 rings (SSSR count). The lowest BCUT2D eigenvalue weighted by molar-refractivity contribution is 1.27. The molecule has 0 N–H and O–H groups in total. The van der Waals surface area contributed by atoms with Gasteiger partial charge in [0.2, 0.25) is 6.19 Å². The maximum Gasteiger partial charge on any atom is 0.207 e. The molecule has 0 saturated carbocycles. The monoisotopic (exact) mass is 309 g/mol. The highest BCUT2D eigenvalue weighted by molar-refractivity contribution is 8.47. The van der Waals surface area contributed by atoms with Crippen molar-refractivity contribution in [1.82, 2.24) is 0 Å². The van der Waals surface area contributed by atoms with Crippen molar-refractivity contribution in [2.24, 2.45) is 4.99 Å². The van der Waals surface area contributed by atoms with Gasteiger partial charge in [0, 0.05) is 12.7 Å². The third kappa shape index (κ3) is 4.86. The van der Waals surface area contributed by atoms with Gasteiger partial charge >= 0.3 is 0 Å². The number of nitrogens with zero attached hydrogens (tertiary/aromatic N) is 3. The highest BCUT2D eigenvalue weighted by Crippen LogP contribution is 2.24. The number of anilines is 1. The zero-order valence-electron chi connectivity index (χ0n) is 11.3. The number of hydrogen-bond donors (Lipinski definition) is 0. The van der Waals surface area contributed by atoms with Gasteiger partial charge in [-0.05, 0) is 55.1 Å². The van der Waals surface area contributed by atoms with Gasteiger partial charge in [-0.25, -0.2) is 0 Å². The summed E-state index contributed by atoms with van der Waals surface area (Å²) in [7, 11) is 1.92. The van der Waals surface area contributed by atoms with Crippen LogP contribution in [0.15, 0.2) is 23.2 Å². The lowest BCUT2D eigenvalue weighted by Gasteiger charge is -2.20. The molecular weight excluding hydrogens is 294 g/mol. The largest absolute Gasteiger partial charge is 0.330 e. The Kier molecular flexibility index (Phi) is 6.35. The minimum absolute atomic E-state index is 0.656. The Morgan fingerprint density at radius 2 is 1.89 bits per heavy atom. The first-order valence-electron chi connectivity index (χ1n) is 5.52. The molecule has 100 valence electrons. The SMILES string of the molecule is CSC(=NC#N)SC(=S)N(C)c1cc(C)cc(C)c1. The number of thiocarbonyl (C=S) groups is 1. The van der Waals surface area contributed by atoms with Gasteiger partial charge in [-0.2, -0.15) is 10.3 Å². The van der Waals surface area contributed by atoms with Gasteiger partial charge in [-0.15, -0.1) is 11.8 Å². The van der Waals surface area contributed by atoms with Gasteiger partial charge in [0.1, 0.15) is 8.70 Å². The van der Waals surface area contributed by atoms with Gasteiger partial charge < -0.3 is 4.90 Å². The van der Waals surface area contributed by atoms with E-state index in [1.165, 1.54) is 34.7 Å². The van der Waals surface area contributed by atoms with Crippen molar-refractivity contribution >= 4 is 50.1 Å². The van der Waals surface area contributed by atoms with E-state index in [1.54, 1.807) is 6.19 Å². The molecule has 1 aromatic rings. The van der Waals surface area contributed by atoms with E-state index >= 15 is 0 Å². The average Bonchev–Trinajstić information content (AvgIpc) is 2.35. The molecule has 0 bridgehead atoms. The van der Waals surface area contributed by atoms with Crippen molar-refractivity contribution in [2.75, 3.05) is 18.2 Å². The summed E-state index contributed by atoms with van der Waals surface area (Å²) >= 11 is 8.14. The Morgan fingerprint density at radius 1 is 1.32 bits per heavy atom. The van der Waals surface area contributed by atoms with Crippen LogP contribution >= 0.6 is 35.7 Å². The van der Waals surface area contributed by atoms with E-state index in [-0.39, 0.29) is 0 Å². The molecule has 0 aliphatic carbocycles. The number of aryl methyl sites for hydroxylation is 2. The van der Waals surface area contributed by atoms with Crippen molar-refractivity contribution < 1.29 is 0 Å². The summed E-state index contributed by atoms with van der Waals surface area (Å²) in [6, 6.07) is 6.29. The zero-order chi connectivity index (χ0) is 14.4. The van der Waals surface area contributed by atoms with Gasteiger partial charge in [0.25, 0.3) is 0 Å². The fourth-order valence-electron chi connectivity index (χ4n) is 1.54. The summed E-state index contributed by atoms with van der Waals surface area (Å²) in [6.07, 6.45) is 3.67. The average molecular weight is 309 g/mol. The summed E-state index contributed by atoms with van der Waals surface area (Å²) < 4.78 is 1.33. The van der Waals surface area contributed by atoms with Crippen LogP contribution < -0.4 is 4.90 Å². The third-order valence-corrected chi connectivity index (χ3v) is 4.79. The summed E-state index contributed by atoms with van der Waals surface area (Å²) in [4.78, 5) is 5.66. The Labute approximate surface area is 128 Å². The van der Waals surface area contributed by atoms with Crippen LogP contribution in [0.5, 0.6) is 0 Å². The Balaban J connectivity index is 2.88. The van der Waals surface area contributed by atoms with Crippen molar-refractivity contribution in [2.45, 2.75) is 13.8 Å². The normalized spacial score (nSPS) is 11.0. The first-order chi connectivity index (χ1) is 8.97. The standard InChI is InChI=1S/C13H15N3S3/c1-9-5-10(2)7-11(6-9)16(3)13(17)19-12(18-4)15-8-14/h5-7H,1-4H3. The summed E-state index contributed by atoms with van der Waals surface area (Å²) in [5, 5.41) is 8.59. The molecule has 0 spiro atoms. The van der Waals surface area contributed by atoms with Crippen LogP contribution in [0.3, 0.4) is 0 Å². The summed E-state index contributed by atoms with van der Waals surface area (Å²) in [5.74, 6) is 0. The number of aliphatic imine (C=N–C) groups is 1. The molecule has 6 heteroatoms. The minimum Gasteiger partial charge on any atom is -0.330 e. The maximum atomic E-state index is 8.59. The maximum absolute atomic E-state index is 8.59. The lowest BCUT2D eigenvalue weighted by Crippen LogP contribution is -2.22. The van der Waals surface area contributed by atoms with Crippen molar-refractivity contribution in [3.05, 3.63) is 29.3 Å². The molecule has 0 saturated heterocycles. The van der Waals surface area contributed by atoms with E-state index in [0.717, 1.165) is 5.69 Å². The van der Waals surface area contributed by atoms with Crippen molar-refractivity contribution in [3.8, 4) is 6.19 Å². The second kappa shape index (κ2) is 7.53. The summed E-state index contributed by atoms with van der Waals surface area (Å²) in [5.41, 5.74) is 3.45. The number of thioether (sulfide) groups is 2. The first kappa shape index (κ1) is 16.0. The van der Waals surface area contributed by atoms with E-state index in [1.807, 2.05) is 18.2 Å². The molecule has 3 nitrogen and oxygen atoms in total. The van der Waals surface area contributed by atoms with Crippen LogP contribution in [0.4, 0.5) is 5.69 Å². The van der Waals surface area contributed by atoms with E-state index < -0.39 is 0 Å². The predicted octanol–water partition coefficient (Wildman–Crippen LogP) is 3.96. The fourth-order valence-corrected chi connectivity index (χ4v) is 3.22. The van der Waals surface area contributed by atoms with E-state index in [4.69, 9.17) is 17.5 Å². The Hall–Kier alpha value is -1.03. The molecule has 0 aromatic heterocycles. The van der Waals surface area contributed by atoms with Crippen LogP contribution in [-0.4, -0.2) is 22.0 Å². The second-order valence-corrected chi connectivity index (χ2v) is 6.63. The molecule has 0 heterocycles. The van der Waals surface area contributed by atoms with Crippen LogP contribution in [0.25, 0.3) is 0 Å². The second-order valence-electron chi connectivity index (χ2n) is 3.95. The molecule has 0 amide bonds. The molecule has 0 aliphatic heterocycles. The highest BCUT2D eigenvalue weighted by Gasteiger charge is 2.11. The number of benzene rings is 1. The third-order valence-electron chi connectivity index (χ3n) is 2.36. The van der Waals surface area contributed by atoms with Gasteiger partial charge in [-0.3, -0.25) is 0 Å². The summed E-state index contributed by atoms with van der Waals surface area (Å²) in [6.45, 7) is 4.12. The molecule has 19 heavy (non-hydrogen) atoms. The number of hydrogen-bond acceptors (Lipinski definition) is 5. The van der Waals surface area contributed by atoms with E-state index in [2.05, 4.69) is 37.0 Å². The van der Waals surface area contributed by atoms with Crippen molar-refractivity contribution in [3.63, 3.8) is 0 Å². The predicted molar refractivity (Wildman–Crippen MR) is 91.1 cm³/mol. The smallest absolute Gasteiger partial charge is 0.207 e. The van der Waals surface area contributed by atoms with Crippen LogP contribution in [0.2, 0.25) is 0 Å². The molecule has 0 unspecified atom stereocenters. The molecule has 0 radical (unpaired) electrons. The first-order valence-corrected chi connectivity index (χ1v) is 7.97. The topological polar surface area (TPSA) is 39.4 Å². The van der Waals surface area contributed by atoms with E-state index in [0.29, 0.717) is 8.70 Å². The molecular formula is C13H15N3S3. The van der Waals surface area contributed by atoms with Gasteiger partial charge in [0.15, 0.2) is 0 Å². The van der Waals surface area contributed by atoms with Gasteiger partial charge in [0.05, 0.1) is 0 Å². The van der Waals surface area contributed by atoms with Gasteiger partial charge in [-0.1, -0.05) is 18.3 Å². The lowest BCUT2D eigenvalue weighted by atomic mass is 10.1. The molecule has 0 atom stereocenters. The highest BCUT2D eigenvalue weighted by atomic mass is 32.2. The molecule has 0 aliphatic rings. The van der Waals surface area contributed by atoms with E-state index in [9.17, 15) is 0 Å². The molecule has 0 fully saturated rings. The van der Waals surface area contributed by atoms with Crippen LogP contribution in [0, 0.1) is 25.3 Å². The van der Waals surface area contributed by atoms with Crippen LogP contribution in [0.1, 0.15) is 11.1 Å². The Morgan fingerprint density at radius 3 is 2.37 bits per heavy atom. The van der Waals surface area contributed by atoms with Crippen LogP contribution in [-0.2, 0) is 0 Å². The molecule has 1 aromatic carbocycles. The zero-order valence-corrected chi connectivity index (χ0v) is 13.7. The number of nitriles is 1. The fraction of sp³-hybridized carbons (Fsp3) is 0.308. The Bertz CT molecular complexity index is 526. The quantitative estimate of drug-likeness (QED) is 0.340. The van der Waals surface area contributed by atoms with Crippen molar-refractivity contribution in [1.29, 1.82) is 5.26 Å².